The molecule has 150 valence electrons. The minimum atomic E-state index is -0.862. The maximum Gasteiger partial charge on any atom is 0.295 e. The summed E-state index contributed by atoms with van der Waals surface area (Å²) in [6.07, 6.45) is -0.862. The van der Waals surface area contributed by atoms with Crippen LogP contribution in [-0.2, 0) is 11.8 Å². The number of primary amides is 1. The van der Waals surface area contributed by atoms with Crippen LogP contribution < -0.4 is 21.3 Å². The van der Waals surface area contributed by atoms with E-state index in [9.17, 15) is 14.4 Å². The highest BCUT2D eigenvalue weighted by Gasteiger charge is 2.22. The van der Waals surface area contributed by atoms with Gasteiger partial charge in [0.15, 0.2) is 6.10 Å². The van der Waals surface area contributed by atoms with Gasteiger partial charge in [0.25, 0.3) is 11.5 Å². The highest BCUT2D eigenvalue weighted by atomic mass is 16.5. The second-order valence-electron chi connectivity index (χ2n) is 6.57. The molecule has 0 bridgehead atoms. The molecule has 2 amide bonds. The number of ether oxygens (including phenoxy) is 1. The number of rotatable bonds is 6. The van der Waals surface area contributed by atoms with Crippen LogP contribution in [0, 0.1) is 6.92 Å². The molecule has 8 nitrogen and oxygen atoms in total. The molecule has 0 saturated carbocycles. The lowest BCUT2D eigenvalue weighted by Crippen LogP contribution is -2.32. The fourth-order valence-corrected chi connectivity index (χ4v) is 2.89. The Hall–Kier alpha value is -3.81. The van der Waals surface area contributed by atoms with E-state index in [4.69, 9.17) is 10.5 Å². The number of nitrogens with two attached hydrogens (primary N) is 1. The molecule has 1 atom stereocenters. The Kier molecular flexibility index (Phi) is 5.54. The molecule has 29 heavy (non-hydrogen) atoms. The van der Waals surface area contributed by atoms with Gasteiger partial charge in [0.05, 0.1) is 11.4 Å². The number of carbonyl (C=O) groups excluding carboxylic acids is 2. The average molecular weight is 394 g/mol. The van der Waals surface area contributed by atoms with Gasteiger partial charge in [-0.3, -0.25) is 19.1 Å². The zero-order valence-corrected chi connectivity index (χ0v) is 16.4. The van der Waals surface area contributed by atoms with Crippen LogP contribution in [0.15, 0.2) is 59.4 Å². The SMILES string of the molecule is Cc1c(NC(=O)[C@@H](C)Oc2ccc(C(N)=O)cc2)c(=O)n(-c2ccccc2)n1C. The number of amides is 2. The van der Waals surface area contributed by atoms with Crippen LogP contribution in [0.5, 0.6) is 5.75 Å². The summed E-state index contributed by atoms with van der Waals surface area (Å²) in [7, 11) is 1.75. The summed E-state index contributed by atoms with van der Waals surface area (Å²) in [4.78, 5) is 36.6. The summed E-state index contributed by atoms with van der Waals surface area (Å²) in [5.41, 5.74) is 6.73. The van der Waals surface area contributed by atoms with Gasteiger partial charge in [-0.25, -0.2) is 4.68 Å². The Bertz CT molecular complexity index is 1100. The molecule has 3 N–H and O–H groups in total. The molecular weight excluding hydrogens is 372 g/mol. The highest BCUT2D eigenvalue weighted by Crippen LogP contribution is 2.17. The lowest BCUT2D eigenvalue weighted by Gasteiger charge is -2.14. The number of para-hydroxylation sites is 1. The molecule has 0 aliphatic rings. The first-order valence-electron chi connectivity index (χ1n) is 9.01. The maximum atomic E-state index is 12.9. The Morgan fingerprint density at radius 1 is 1.07 bits per heavy atom. The smallest absolute Gasteiger partial charge is 0.295 e. The van der Waals surface area contributed by atoms with Gasteiger partial charge in [0, 0.05) is 12.6 Å². The molecule has 8 heteroatoms. The molecule has 3 aromatic rings. The van der Waals surface area contributed by atoms with Gasteiger partial charge in [-0.05, 0) is 50.2 Å². The fraction of sp³-hybridized carbons (Fsp3) is 0.190. The van der Waals surface area contributed by atoms with Crippen molar-refractivity contribution in [2.24, 2.45) is 12.8 Å². The van der Waals surface area contributed by atoms with Crippen LogP contribution in [0.3, 0.4) is 0 Å². The molecule has 3 rings (SSSR count). The van der Waals surface area contributed by atoms with E-state index in [1.54, 1.807) is 37.7 Å². The summed E-state index contributed by atoms with van der Waals surface area (Å²) in [5, 5.41) is 2.67. The number of nitrogens with one attached hydrogen (secondary N) is 1. The third kappa shape index (κ3) is 4.06. The van der Waals surface area contributed by atoms with Crippen molar-refractivity contribution < 1.29 is 14.3 Å². The van der Waals surface area contributed by atoms with Crippen LogP contribution in [0.25, 0.3) is 5.69 Å². The summed E-state index contributed by atoms with van der Waals surface area (Å²) in [6.45, 7) is 3.33. The van der Waals surface area contributed by atoms with Gasteiger partial charge in [-0.1, -0.05) is 18.2 Å². The molecule has 0 aliphatic carbocycles. The van der Waals surface area contributed by atoms with Crippen molar-refractivity contribution >= 4 is 17.5 Å². The molecule has 1 aromatic heterocycles. The summed E-state index contributed by atoms with van der Waals surface area (Å²) < 4.78 is 8.77. The molecule has 2 aromatic carbocycles. The molecule has 0 radical (unpaired) electrons. The third-order valence-electron chi connectivity index (χ3n) is 4.62. The molecule has 0 saturated heterocycles. The minimum absolute atomic E-state index is 0.195. The zero-order chi connectivity index (χ0) is 21.1. The first-order chi connectivity index (χ1) is 13.8. The standard InChI is InChI=1S/C21H22N4O4/c1-13-18(21(28)25(24(13)3)16-7-5-4-6-8-16)23-20(27)14(2)29-17-11-9-15(10-12-17)19(22)26/h4-12,14H,1-3H3,(H2,22,26)(H,23,27)/t14-/m1/s1. The largest absolute Gasteiger partial charge is 0.481 e. The van der Waals surface area contributed by atoms with Gasteiger partial charge < -0.3 is 15.8 Å². The predicted octanol–water partition coefficient (Wildman–Crippen LogP) is 1.99. The highest BCUT2D eigenvalue weighted by molar-refractivity contribution is 5.94. The van der Waals surface area contributed by atoms with E-state index < -0.39 is 17.9 Å². The zero-order valence-electron chi connectivity index (χ0n) is 16.4. The van der Waals surface area contributed by atoms with Crippen LogP contribution in [0.2, 0.25) is 0 Å². The summed E-state index contributed by atoms with van der Waals surface area (Å²) >= 11 is 0. The van der Waals surface area contributed by atoms with Crippen molar-refractivity contribution in [1.29, 1.82) is 0 Å². The summed E-state index contributed by atoms with van der Waals surface area (Å²) in [5.74, 6) is -0.601. The van der Waals surface area contributed by atoms with E-state index in [0.29, 0.717) is 22.7 Å². The quantitative estimate of drug-likeness (QED) is 0.666. The number of nitrogens with zero attached hydrogens (tertiary/aromatic N) is 2. The average Bonchev–Trinajstić information content (AvgIpc) is 2.92. The second kappa shape index (κ2) is 8.05. The number of benzene rings is 2. The first kappa shape index (κ1) is 19.9. The van der Waals surface area contributed by atoms with E-state index in [1.165, 1.54) is 16.8 Å². The Balaban J connectivity index is 1.78. The molecule has 0 fully saturated rings. The molecule has 0 aliphatic heterocycles. The molecule has 0 spiro atoms. The van der Waals surface area contributed by atoms with Crippen LogP contribution in [0.4, 0.5) is 5.69 Å². The molecule has 0 unspecified atom stereocenters. The first-order valence-corrected chi connectivity index (χ1v) is 9.01. The Labute approximate surface area is 167 Å². The number of anilines is 1. The van der Waals surface area contributed by atoms with Crippen molar-refractivity contribution in [3.05, 3.63) is 76.2 Å². The normalized spacial score (nSPS) is 11.7. The molecular formula is C21H22N4O4. The topological polar surface area (TPSA) is 108 Å². The molecule has 1 heterocycles. The van der Waals surface area contributed by atoms with E-state index in [1.807, 2.05) is 30.3 Å². The van der Waals surface area contributed by atoms with Gasteiger partial charge in [-0.15, -0.1) is 0 Å². The van der Waals surface area contributed by atoms with E-state index in [-0.39, 0.29) is 11.2 Å². The van der Waals surface area contributed by atoms with Crippen molar-refractivity contribution in [2.45, 2.75) is 20.0 Å². The fourth-order valence-electron chi connectivity index (χ4n) is 2.89. The number of carbonyl (C=O) groups is 2. The Morgan fingerprint density at radius 2 is 1.69 bits per heavy atom. The maximum absolute atomic E-state index is 12.9. The van der Waals surface area contributed by atoms with Crippen molar-refractivity contribution in [3.63, 3.8) is 0 Å². The Morgan fingerprint density at radius 3 is 2.28 bits per heavy atom. The van der Waals surface area contributed by atoms with Crippen LogP contribution in [0.1, 0.15) is 23.0 Å². The van der Waals surface area contributed by atoms with Gasteiger partial charge >= 0.3 is 0 Å². The van der Waals surface area contributed by atoms with Gasteiger partial charge in [-0.2, -0.15) is 0 Å². The number of aromatic nitrogens is 2. The van der Waals surface area contributed by atoms with Gasteiger partial charge in [0.1, 0.15) is 11.4 Å². The van der Waals surface area contributed by atoms with Crippen molar-refractivity contribution in [3.8, 4) is 11.4 Å². The predicted molar refractivity (Wildman–Crippen MR) is 109 cm³/mol. The van der Waals surface area contributed by atoms with Crippen LogP contribution >= 0.6 is 0 Å². The minimum Gasteiger partial charge on any atom is -0.481 e. The monoisotopic (exact) mass is 394 g/mol. The summed E-state index contributed by atoms with van der Waals surface area (Å²) in [6, 6.07) is 15.3. The van der Waals surface area contributed by atoms with E-state index in [2.05, 4.69) is 5.32 Å². The van der Waals surface area contributed by atoms with Crippen LogP contribution in [-0.4, -0.2) is 27.3 Å². The second-order valence-corrected chi connectivity index (χ2v) is 6.57. The van der Waals surface area contributed by atoms with E-state index in [0.717, 1.165) is 0 Å². The van der Waals surface area contributed by atoms with E-state index >= 15 is 0 Å². The van der Waals surface area contributed by atoms with Crippen molar-refractivity contribution in [1.82, 2.24) is 9.36 Å². The number of hydrogen-bond donors (Lipinski definition) is 2. The van der Waals surface area contributed by atoms with Gasteiger partial charge in [0.2, 0.25) is 5.91 Å². The lowest BCUT2D eigenvalue weighted by molar-refractivity contribution is -0.122. The lowest BCUT2D eigenvalue weighted by atomic mass is 10.2. The van der Waals surface area contributed by atoms with Crippen molar-refractivity contribution in [2.75, 3.05) is 5.32 Å². The number of hydrogen-bond acceptors (Lipinski definition) is 4. The third-order valence-corrected chi connectivity index (χ3v) is 4.62.